The molecule has 1 aliphatic carbocycles. The summed E-state index contributed by atoms with van der Waals surface area (Å²) in [7, 11) is 0. The van der Waals surface area contributed by atoms with Crippen molar-refractivity contribution in [3.8, 4) is 0 Å². The van der Waals surface area contributed by atoms with Crippen LogP contribution in [0.25, 0.3) is 12.2 Å². The molecule has 0 radical (unpaired) electrons. The van der Waals surface area contributed by atoms with Crippen LogP contribution >= 0.6 is 0 Å². The van der Waals surface area contributed by atoms with Crippen molar-refractivity contribution in [2.45, 2.75) is 13.8 Å². The Bertz CT molecular complexity index is 1330. The second-order valence-electron chi connectivity index (χ2n) is 10.2. The van der Waals surface area contributed by atoms with E-state index in [-0.39, 0.29) is 23.4 Å². The Morgan fingerprint density at radius 3 is 1.18 bits per heavy atom. The van der Waals surface area contributed by atoms with E-state index in [1.54, 1.807) is 0 Å². The number of hydrogen-bond donors (Lipinski definition) is 0. The van der Waals surface area contributed by atoms with Crippen molar-refractivity contribution in [1.29, 1.82) is 0 Å². The fraction of sp³-hybridized carbons (Fsp3) is 0.167. The Kier molecular flexibility index (Phi) is 7.60. The highest BCUT2D eigenvalue weighted by molar-refractivity contribution is 6.07. The minimum Gasteiger partial charge on any atom is -0.294 e. The molecule has 0 heterocycles. The van der Waals surface area contributed by atoms with Crippen LogP contribution in [0.4, 0.5) is 0 Å². The summed E-state index contributed by atoms with van der Waals surface area (Å²) in [5, 5.41) is 0. The number of benzene rings is 4. The van der Waals surface area contributed by atoms with E-state index in [0.717, 1.165) is 22.3 Å². The normalized spacial score (nSPS) is 20.9. The first-order valence-electron chi connectivity index (χ1n) is 13.2. The van der Waals surface area contributed by atoms with E-state index < -0.39 is 11.8 Å². The Labute approximate surface area is 225 Å². The monoisotopic (exact) mass is 496 g/mol. The highest BCUT2D eigenvalue weighted by Crippen LogP contribution is 2.51. The van der Waals surface area contributed by atoms with Gasteiger partial charge < -0.3 is 0 Å². The first-order valence-corrected chi connectivity index (χ1v) is 13.2. The molecular weight excluding hydrogens is 464 g/mol. The van der Waals surface area contributed by atoms with Crippen molar-refractivity contribution < 1.29 is 9.59 Å². The molecule has 2 nitrogen and oxygen atoms in total. The molecule has 0 unspecified atom stereocenters. The summed E-state index contributed by atoms with van der Waals surface area (Å²) < 4.78 is 0. The number of Topliss-reactive ketones (excluding diaryl/α,β-unsaturated/α-hetero) is 2. The fourth-order valence-electron chi connectivity index (χ4n) is 5.38. The third kappa shape index (κ3) is 5.50. The SMILES string of the molecule is Cc1ccc(C(=O)[C@@H]2[C@@H](/C=C/c3ccccc3)[C@H](/C=C/c3ccccc3)[C@H]2C(=O)c2ccc(C)cc2)cc1. The largest absolute Gasteiger partial charge is 0.294 e. The summed E-state index contributed by atoms with van der Waals surface area (Å²) >= 11 is 0. The zero-order chi connectivity index (χ0) is 26.5. The summed E-state index contributed by atoms with van der Waals surface area (Å²) in [4.78, 5) is 27.9. The molecule has 188 valence electrons. The van der Waals surface area contributed by atoms with Gasteiger partial charge in [0.05, 0.1) is 0 Å². The molecule has 4 aromatic rings. The van der Waals surface area contributed by atoms with Crippen molar-refractivity contribution in [2.75, 3.05) is 0 Å². The van der Waals surface area contributed by atoms with Crippen LogP contribution in [-0.2, 0) is 0 Å². The van der Waals surface area contributed by atoms with Gasteiger partial charge in [0.1, 0.15) is 0 Å². The van der Waals surface area contributed by atoms with Gasteiger partial charge in [-0.25, -0.2) is 0 Å². The van der Waals surface area contributed by atoms with Crippen LogP contribution in [0, 0.1) is 37.5 Å². The molecule has 38 heavy (non-hydrogen) atoms. The maximum Gasteiger partial charge on any atom is 0.167 e. The highest BCUT2D eigenvalue weighted by Gasteiger charge is 2.54. The van der Waals surface area contributed by atoms with Crippen molar-refractivity contribution >= 4 is 23.7 Å². The molecule has 1 aliphatic rings. The van der Waals surface area contributed by atoms with E-state index in [9.17, 15) is 9.59 Å². The minimum absolute atomic E-state index is 0.0301. The maximum absolute atomic E-state index is 14.0. The van der Waals surface area contributed by atoms with Gasteiger partial charge in [-0.2, -0.15) is 0 Å². The summed E-state index contributed by atoms with van der Waals surface area (Å²) in [5.74, 6) is -0.995. The summed E-state index contributed by atoms with van der Waals surface area (Å²) in [6.45, 7) is 4.02. The highest BCUT2D eigenvalue weighted by atomic mass is 16.1. The van der Waals surface area contributed by atoms with Crippen LogP contribution in [0.3, 0.4) is 0 Å². The van der Waals surface area contributed by atoms with Gasteiger partial charge in [0.2, 0.25) is 0 Å². The lowest BCUT2D eigenvalue weighted by Gasteiger charge is -2.48. The van der Waals surface area contributed by atoms with Gasteiger partial charge in [0, 0.05) is 23.0 Å². The molecule has 0 saturated heterocycles. The lowest BCUT2D eigenvalue weighted by Crippen LogP contribution is -2.52. The molecule has 4 atom stereocenters. The second-order valence-corrected chi connectivity index (χ2v) is 10.2. The molecule has 0 amide bonds. The quantitative estimate of drug-likeness (QED) is 0.230. The van der Waals surface area contributed by atoms with Gasteiger partial charge in [0.15, 0.2) is 11.6 Å². The van der Waals surface area contributed by atoms with Crippen molar-refractivity contribution in [2.24, 2.45) is 23.7 Å². The third-order valence-corrected chi connectivity index (χ3v) is 7.56. The van der Waals surface area contributed by atoms with Crippen LogP contribution < -0.4 is 0 Å². The zero-order valence-corrected chi connectivity index (χ0v) is 21.8. The van der Waals surface area contributed by atoms with Gasteiger partial charge >= 0.3 is 0 Å². The number of carbonyl (C=O) groups excluding carboxylic acids is 2. The summed E-state index contributed by atoms with van der Waals surface area (Å²) in [6.07, 6.45) is 8.42. The summed E-state index contributed by atoms with van der Waals surface area (Å²) in [6, 6.07) is 35.6. The van der Waals surface area contributed by atoms with Crippen molar-refractivity contribution in [3.05, 3.63) is 155 Å². The predicted molar refractivity (Wildman–Crippen MR) is 156 cm³/mol. The number of ketones is 2. The van der Waals surface area contributed by atoms with Gasteiger partial charge in [-0.3, -0.25) is 9.59 Å². The van der Waals surface area contributed by atoms with Crippen LogP contribution in [0.2, 0.25) is 0 Å². The van der Waals surface area contributed by atoms with Crippen LogP contribution in [0.15, 0.2) is 121 Å². The molecule has 0 N–H and O–H groups in total. The summed E-state index contributed by atoms with van der Waals surface area (Å²) in [5.41, 5.74) is 5.68. The van der Waals surface area contributed by atoms with E-state index >= 15 is 0 Å². The number of aryl methyl sites for hydroxylation is 2. The first-order chi connectivity index (χ1) is 18.5. The molecule has 2 heteroatoms. The second kappa shape index (κ2) is 11.4. The number of allylic oxidation sites excluding steroid dienone is 2. The smallest absolute Gasteiger partial charge is 0.167 e. The molecule has 1 fully saturated rings. The third-order valence-electron chi connectivity index (χ3n) is 7.56. The van der Waals surface area contributed by atoms with Crippen molar-refractivity contribution in [3.63, 3.8) is 0 Å². The van der Waals surface area contributed by atoms with E-state index in [0.29, 0.717) is 11.1 Å². The fourth-order valence-corrected chi connectivity index (χ4v) is 5.38. The van der Waals surface area contributed by atoms with E-state index in [2.05, 4.69) is 48.6 Å². The van der Waals surface area contributed by atoms with Crippen LogP contribution in [0.5, 0.6) is 0 Å². The zero-order valence-electron chi connectivity index (χ0n) is 21.8. The molecule has 4 aromatic carbocycles. The Morgan fingerprint density at radius 1 is 0.500 bits per heavy atom. The number of carbonyl (C=O) groups is 2. The van der Waals surface area contributed by atoms with Crippen LogP contribution in [0.1, 0.15) is 43.0 Å². The average molecular weight is 497 g/mol. The predicted octanol–water partition coefficient (Wildman–Crippen LogP) is 8.27. The Morgan fingerprint density at radius 2 is 0.842 bits per heavy atom. The van der Waals surface area contributed by atoms with Crippen LogP contribution in [-0.4, -0.2) is 11.6 Å². The molecule has 1 saturated carbocycles. The average Bonchev–Trinajstić information content (AvgIpc) is 2.94. The Hall–Kier alpha value is -4.30. The number of rotatable bonds is 8. The standard InChI is InChI=1S/C36H32O2/c1-25-13-19-29(20-14-25)35(37)33-31(23-17-27-9-5-3-6-10-27)32(24-18-28-11-7-4-8-12-28)34(33)36(38)30-21-15-26(2)16-22-30/h3-24,31-34H,1-2H3/b23-17+,24-18+/t31-,32-,33+,34+/m0/s1. The Balaban J connectivity index is 1.56. The molecule has 0 spiro atoms. The first kappa shape index (κ1) is 25.4. The maximum atomic E-state index is 14.0. The molecule has 5 rings (SSSR count). The van der Waals surface area contributed by atoms with Gasteiger partial charge in [-0.1, -0.05) is 145 Å². The topological polar surface area (TPSA) is 34.1 Å². The van der Waals surface area contributed by atoms with Crippen molar-refractivity contribution in [1.82, 2.24) is 0 Å². The van der Waals surface area contributed by atoms with E-state index in [1.807, 2.05) is 98.8 Å². The molecule has 0 aromatic heterocycles. The lowest BCUT2D eigenvalue weighted by atomic mass is 9.52. The lowest BCUT2D eigenvalue weighted by molar-refractivity contribution is 0.0316. The van der Waals surface area contributed by atoms with Gasteiger partial charge in [0.25, 0.3) is 0 Å². The number of hydrogen-bond acceptors (Lipinski definition) is 2. The molecular formula is C36H32O2. The van der Waals surface area contributed by atoms with Gasteiger partial charge in [-0.05, 0) is 36.8 Å². The van der Waals surface area contributed by atoms with E-state index in [1.165, 1.54) is 0 Å². The molecule has 0 bridgehead atoms. The van der Waals surface area contributed by atoms with Gasteiger partial charge in [-0.15, -0.1) is 0 Å². The molecule has 0 aliphatic heterocycles. The van der Waals surface area contributed by atoms with E-state index in [4.69, 9.17) is 0 Å². The minimum atomic E-state index is -0.433.